The Kier molecular flexibility index (Phi) is 5.76. The van der Waals surface area contributed by atoms with Crippen LogP contribution in [0.15, 0.2) is 22.8 Å². The Morgan fingerprint density at radius 2 is 2.28 bits per heavy atom. The minimum atomic E-state index is -0.846. The van der Waals surface area contributed by atoms with Crippen molar-refractivity contribution in [3.8, 4) is 0 Å². The lowest BCUT2D eigenvalue weighted by molar-refractivity contribution is -0.137. The average molecular weight is 254 g/mol. The van der Waals surface area contributed by atoms with Gasteiger partial charge in [0.2, 0.25) is 0 Å². The van der Waals surface area contributed by atoms with Gasteiger partial charge >= 0.3 is 12.0 Å². The van der Waals surface area contributed by atoms with Crippen molar-refractivity contribution in [3.05, 3.63) is 24.2 Å². The summed E-state index contributed by atoms with van der Waals surface area (Å²) in [5.74, 6) is -0.0227. The third kappa shape index (κ3) is 5.38. The number of carbonyl (C=O) groups excluding carboxylic acids is 1. The topological polar surface area (TPSA) is 82.8 Å². The van der Waals surface area contributed by atoms with Gasteiger partial charge in [0.15, 0.2) is 0 Å². The van der Waals surface area contributed by atoms with Crippen LogP contribution in [0.1, 0.15) is 18.6 Å². The van der Waals surface area contributed by atoms with E-state index in [-0.39, 0.29) is 12.5 Å². The predicted octanol–water partition coefficient (Wildman–Crippen LogP) is 1.33. The van der Waals surface area contributed by atoms with Crippen molar-refractivity contribution in [1.82, 2.24) is 10.2 Å². The Morgan fingerprint density at radius 1 is 1.50 bits per heavy atom. The number of urea groups is 1. The summed E-state index contributed by atoms with van der Waals surface area (Å²) in [6.45, 7) is 0.925. The van der Waals surface area contributed by atoms with E-state index in [4.69, 9.17) is 9.52 Å². The van der Waals surface area contributed by atoms with E-state index in [0.29, 0.717) is 25.9 Å². The van der Waals surface area contributed by atoms with E-state index in [1.54, 1.807) is 19.4 Å². The van der Waals surface area contributed by atoms with E-state index in [0.717, 1.165) is 5.76 Å². The number of aliphatic carboxylic acids is 1. The molecule has 2 N–H and O–H groups in total. The van der Waals surface area contributed by atoms with Crippen LogP contribution in [-0.4, -0.2) is 42.1 Å². The number of hydrogen-bond acceptors (Lipinski definition) is 3. The highest BCUT2D eigenvalue weighted by Crippen LogP contribution is 2.00. The summed E-state index contributed by atoms with van der Waals surface area (Å²) < 4.78 is 5.14. The highest BCUT2D eigenvalue weighted by Gasteiger charge is 2.08. The molecule has 0 saturated carbocycles. The third-order valence-electron chi connectivity index (χ3n) is 2.46. The summed E-state index contributed by atoms with van der Waals surface area (Å²) in [7, 11) is 1.64. The number of hydrogen-bond donors (Lipinski definition) is 2. The van der Waals surface area contributed by atoms with E-state index in [1.807, 2.05) is 6.07 Å². The van der Waals surface area contributed by atoms with Gasteiger partial charge in [-0.3, -0.25) is 4.79 Å². The number of nitrogens with zero attached hydrogens (tertiary/aromatic N) is 1. The molecule has 0 spiro atoms. The number of furan rings is 1. The number of carboxylic acid groups (broad SMARTS) is 1. The zero-order valence-electron chi connectivity index (χ0n) is 10.4. The van der Waals surface area contributed by atoms with Crippen LogP contribution in [0, 0.1) is 0 Å². The summed E-state index contributed by atoms with van der Waals surface area (Å²) in [6, 6.07) is 3.45. The van der Waals surface area contributed by atoms with Gasteiger partial charge in [0.05, 0.1) is 6.26 Å². The maximum atomic E-state index is 11.6. The molecule has 6 nitrogen and oxygen atoms in total. The molecule has 6 heteroatoms. The zero-order valence-corrected chi connectivity index (χ0v) is 10.4. The molecular formula is C12H18N2O4. The molecule has 1 aromatic heterocycles. The van der Waals surface area contributed by atoms with Crippen molar-refractivity contribution in [2.75, 3.05) is 20.1 Å². The molecule has 0 atom stereocenters. The second-order valence-corrected chi connectivity index (χ2v) is 3.98. The van der Waals surface area contributed by atoms with Gasteiger partial charge in [-0.15, -0.1) is 0 Å². The Balaban J connectivity index is 2.13. The highest BCUT2D eigenvalue weighted by molar-refractivity contribution is 5.73. The van der Waals surface area contributed by atoms with Crippen LogP contribution in [0.5, 0.6) is 0 Å². The Bertz CT molecular complexity index is 375. The number of amides is 2. The Labute approximate surface area is 106 Å². The minimum Gasteiger partial charge on any atom is -0.481 e. The average Bonchev–Trinajstić information content (AvgIpc) is 2.81. The van der Waals surface area contributed by atoms with Crippen LogP contribution < -0.4 is 5.32 Å². The van der Waals surface area contributed by atoms with Crippen molar-refractivity contribution in [2.24, 2.45) is 0 Å². The number of rotatable bonds is 7. The van der Waals surface area contributed by atoms with E-state index >= 15 is 0 Å². The number of carboxylic acids is 1. The van der Waals surface area contributed by atoms with Gasteiger partial charge in [0, 0.05) is 33.0 Å². The zero-order chi connectivity index (χ0) is 13.4. The van der Waals surface area contributed by atoms with Crippen molar-refractivity contribution in [2.45, 2.75) is 19.3 Å². The number of carbonyl (C=O) groups is 2. The van der Waals surface area contributed by atoms with Crippen LogP contribution >= 0.6 is 0 Å². The largest absolute Gasteiger partial charge is 0.481 e. The summed E-state index contributed by atoms with van der Waals surface area (Å²) in [5, 5.41) is 11.2. The van der Waals surface area contributed by atoms with E-state index in [1.165, 1.54) is 4.90 Å². The molecule has 1 rings (SSSR count). The summed E-state index contributed by atoms with van der Waals surface area (Å²) in [6.07, 6.45) is 2.76. The fourth-order valence-electron chi connectivity index (χ4n) is 1.45. The molecule has 0 radical (unpaired) electrons. The summed E-state index contributed by atoms with van der Waals surface area (Å²) >= 11 is 0. The standard InChI is InChI=1S/C12H18N2O4/c1-14(8-2-5-11(15)16)12(17)13-7-6-10-4-3-9-18-10/h3-4,9H,2,5-8H2,1H3,(H,13,17)(H,15,16). The fraction of sp³-hybridized carbons (Fsp3) is 0.500. The molecule has 0 aliphatic carbocycles. The smallest absolute Gasteiger partial charge is 0.317 e. The molecule has 1 aromatic rings. The molecule has 0 fully saturated rings. The first kappa shape index (κ1) is 14.1. The molecule has 0 aromatic carbocycles. The van der Waals surface area contributed by atoms with Crippen molar-refractivity contribution >= 4 is 12.0 Å². The maximum absolute atomic E-state index is 11.6. The molecule has 2 amide bonds. The minimum absolute atomic E-state index is 0.0734. The Morgan fingerprint density at radius 3 is 2.89 bits per heavy atom. The maximum Gasteiger partial charge on any atom is 0.317 e. The SMILES string of the molecule is CN(CCCC(=O)O)C(=O)NCCc1ccco1. The third-order valence-corrected chi connectivity index (χ3v) is 2.46. The van der Waals surface area contributed by atoms with Crippen LogP contribution in [0.3, 0.4) is 0 Å². The van der Waals surface area contributed by atoms with Crippen LogP contribution in [0.4, 0.5) is 4.79 Å². The molecular weight excluding hydrogens is 236 g/mol. The molecule has 100 valence electrons. The molecule has 0 aliphatic rings. The first-order chi connectivity index (χ1) is 8.59. The molecule has 0 saturated heterocycles. The Hall–Kier alpha value is -1.98. The molecule has 0 bridgehead atoms. The highest BCUT2D eigenvalue weighted by atomic mass is 16.4. The summed E-state index contributed by atoms with van der Waals surface area (Å²) in [4.78, 5) is 23.4. The lowest BCUT2D eigenvalue weighted by Crippen LogP contribution is -2.38. The van der Waals surface area contributed by atoms with Gasteiger partial charge in [-0.25, -0.2) is 4.79 Å². The quantitative estimate of drug-likeness (QED) is 0.769. The monoisotopic (exact) mass is 254 g/mol. The fourth-order valence-corrected chi connectivity index (χ4v) is 1.45. The normalized spacial score (nSPS) is 10.1. The van der Waals surface area contributed by atoms with Gasteiger partial charge in [0.25, 0.3) is 0 Å². The lowest BCUT2D eigenvalue weighted by atomic mass is 10.3. The van der Waals surface area contributed by atoms with Crippen molar-refractivity contribution in [3.63, 3.8) is 0 Å². The van der Waals surface area contributed by atoms with Gasteiger partial charge in [0.1, 0.15) is 5.76 Å². The second-order valence-electron chi connectivity index (χ2n) is 3.98. The van der Waals surface area contributed by atoms with E-state index < -0.39 is 5.97 Å². The molecule has 0 aliphatic heterocycles. The predicted molar refractivity (Wildman–Crippen MR) is 65.3 cm³/mol. The van der Waals surface area contributed by atoms with Gasteiger partial charge in [-0.05, 0) is 18.6 Å². The van der Waals surface area contributed by atoms with Crippen LogP contribution in [0.2, 0.25) is 0 Å². The first-order valence-corrected chi connectivity index (χ1v) is 5.82. The van der Waals surface area contributed by atoms with Crippen molar-refractivity contribution in [1.29, 1.82) is 0 Å². The van der Waals surface area contributed by atoms with Crippen LogP contribution in [-0.2, 0) is 11.2 Å². The summed E-state index contributed by atoms with van der Waals surface area (Å²) in [5.41, 5.74) is 0. The second kappa shape index (κ2) is 7.37. The van der Waals surface area contributed by atoms with E-state index in [2.05, 4.69) is 5.32 Å². The van der Waals surface area contributed by atoms with Crippen LogP contribution in [0.25, 0.3) is 0 Å². The first-order valence-electron chi connectivity index (χ1n) is 5.82. The van der Waals surface area contributed by atoms with Gasteiger partial charge in [-0.1, -0.05) is 0 Å². The molecule has 0 unspecified atom stereocenters. The molecule has 1 heterocycles. The lowest BCUT2D eigenvalue weighted by Gasteiger charge is -2.17. The number of nitrogens with one attached hydrogen (secondary N) is 1. The molecule has 18 heavy (non-hydrogen) atoms. The van der Waals surface area contributed by atoms with Crippen molar-refractivity contribution < 1.29 is 19.1 Å². The van der Waals surface area contributed by atoms with Gasteiger partial charge < -0.3 is 19.7 Å². The van der Waals surface area contributed by atoms with E-state index in [9.17, 15) is 9.59 Å². The van der Waals surface area contributed by atoms with Gasteiger partial charge in [-0.2, -0.15) is 0 Å².